The van der Waals surface area contributed by atoms with Crippen molar-refractivity contribution in [1.82, 2.24) is 4.98 Å². The van der Waals surface area contributed by atoms with Crippen molar-refractivity contribution in [2.75, 3.05) is 12.8 Å². The Labute approximate surface area is 128 Å². The third kappa shape index (κ3) is 2.76. The lowest BCUT2D eigenvalue weighted by atomic mass is 10.1. The van der Waals surface area contributed by atoms with Crippen LogP contribution in [0.5, 0.6) is 5.75 Å². The molecule has 0 spiro atoms. The SMILES string of the molecule is COc1ccc(-c2nc(-c3cccc(N)c3)sc2C)cc1. The lowest BCUT2D eigenvalue weighted by Gasteiger charge is -2.02. The van der Waals surface area contributed by atoms with E-state index in [0.29, 0.717) is 0 Å². The number of nitrogens with two attached hydrogens (primary N) is 1. The van der Waals surface area contributed by atoms with Crippen LogP contribution in [-0.4, -0.2) is 12.1 Å². The lowest BCUT2D eigenvalue weighted by Crippen LogP contribution is -1.86. The second kappa shape index (κ2) is 5.58. The van der Waals surface area contributed by atoms with Gasteiger partial charge in [0.1, 0.15) is 10.8 Å². The molecule has 0 aliphatic heterocycles. The molecule has 21 heavy (non-hydrogen) atoms. The monoisotopic (exact) mass is 296 g/mol. The Balaban J connectivity index is 2.01. The van der Waals surface area contributed by atoms with Crippen LogP contribution in [0.3, 0.4) is 0 Å². The van der Waals surface area contributed by atoms with Gasteiger partial charge in [0.2, 0.25) is 0 Å². The van der Waals surface area contributed by atoms with Crippen LogP contribution in [0.4, 0.5) is 5.69 Å². The van der Waals surface area contributed by atoms with Gasteiger partial charge in [0, 0.05) is 21.7 Å². The molecule has 0 saturated carbocycles. The molecule has 3 aromatic rings. The van der Waals surface area contributed by atoms with Gasteiger partial charge in [-0.2, -0.15) is 0 Å². The predicted octanol–water partition coefficient (Wildman–Crippen LogP) is 4.38. The molecule has 0 saturated heterocycles. The second-order valence-corrected chi connectivity index (χ2v) is 5.98. The maximum atomic E-state index is 5.85. The molecular weight excluding hydrogens is 280 g/mol. The van der Waals surface area contributed by atoms with E-state index < -0.39 is 0 Å². The highest BCUT2D eigenvalue weighted by atomic mass is 32.1. The van der Waals surface area contributed by atoms with Gasteiger partial charge in [-0.05, 0) is 43.3 Å². The zero-order chi connectivity index (χ0) is 14.8. The average Bonchev–Trinajstić information content (AvgIpc) is 2.89. The Morgan fingerprint density at radius 3 is 2.48 bits per heavy atom. The van der Waals surface area contributed by atoms with Gasteiger partial charge < -0.3 is 10.5 Å². The Hall–Kier alpha value is -2.33. The van der Waals surface area contributed by atoms with Crippen molar-refractivity contribution in [1.29, 1.82) is 0 Å². The molecule has 0 aliphatic rings. The fraction of sp³-hybridized carbons (Fsp3) is 0.118. The molecule has 0 unspecified atom stereocenters. The molecule has 1 heterocycles. The fourth-order valence-electron chi connectivity index (χ4n) is 2.21. The van der Waals surface area contributed by atoms with Crippen LogP contribution in [0.1, 0.15) is 4.88 Å². The van der Waals surface area contributed by atoms with Gasteiger partial charge in [-0.25, -0.2) is 4.98 Å². The smallest absolute Gasteiger partial charge is 0.124 e. The highest BCUT2D eigenvalue weighted by Crippen LogP contribution is 2.34. The number of aromatic nitrogens is 1. The first-order valence-corrected chi connectivity index (χ1v) is 7.47. The van der Waals surface area contributed by atoms with Crippen LogP contribution in [0.15, 0.2) is 48.5 Å². The topological polar surface area (TPSA) is 48.1 Å². The summed E-state index contributed by atoms with van der Waals surface area (Å²) in [6, 6.07) is 15.8. The molecule has 3 rings (SSSR count). The largest absolute Gasteiger partial charge is 0.497 e. The number of thiazole rings is 1. The van der Waals surface area contributed by atoms with E-state index in [4.69, 9.17) is 15.5 Å². The number of anilines is 1. The molecule has 0 amide bonds. The van der Waals surface area contributed by atoms with Crippen molar-refractivity contribution >= 4 is 17.0 Å². The number of nitrogen functional groups attached to an aromatic ring is 1. The van der Waals surface area contributed by atoms with Gasteiger partial charge in [0.25, 0.3) is 0 Å². The van der Waals surface area contributed by atoms with Crippen LogP contribution < -0.4 is 10.5 Å². The Bertz CT molecular complexity index is 763. The van der Waals surface area contributed by atoms with E-state index >= 15 is 0 Å². The number of rotatable bonds is 3. The molecular formula is C17H16N2OS. The van der Waals surface area contributed by atoms with Crippen molar-refractivity contribution in [3.8, 4) is 27.6 Å². The van der Waals surface area contributed by atoms with Gasteiger partial charge in [0.05, 0.1) is 12.8 Å². The number of hydrogen-bond donors (Lipinski definition) is 1. The van der Waals surface area contributed by atoms with Crippen molar-refractivity contribution < 1.29 is 4.74 Å². The second-order valence-electron chi connectivity index (χ2n) is 4.78. The van der Waals surface area contributed by atoms with Gasteiger partial charge in [0.15, 0.2) is 0 Å². The summed E-state index contributed by atoms with van der Waals surface area (Å²) in [5.74, 6) is 0.850. The summed E-state index contributed by atoms with van der Waals surface area (Å²) in [7, 11) is 1.67. The molecule has 2 N–H and O–H groups in total. The molecule has 0 aliphatic carbocycles. The van der Waals surface area contributed by atoms with Crippen LogP contribution in [0.25, 0.3) is 21.8 Å². The number of ether oxygens (including phenoxy) is 1. The summed E-state index contributed by atoms with van der Waals surface area (Å²) in [5, 5.41) is 0.991. The number of methoxy groups -OCH3 is 1. The zero-order valence-electron chi connectivity index (χ0n) is 12.0. The van der Waals surface area contributed by atoms with Gasteiger partial charge >= 0.3 is 0 Å². The average molecular weight is 296 g/mol. The quantitative estimate of drug-likeness (QED) is 0.730. The fourth-order valence-corrected chi connectivity index (χ4v) is 3.14. The van der Waals surface area contributed by atoms with E-state index in [1.54, 1.807) is 18.4 Å². The van der Waals surface area contributed by atoms with Crippen molar-refractivity contribution in [3.05, 3.63) is 53.4 Å². The Morgan fingerprint density at radius 2 is 1.81 bits per heavy atom. The van der Waals surface area contributed by atoms with E-state index in [0.717, 1.165) is 33.3 Å². The maximum Gasteiger partial charge on any atom is 0.124 e. The molecule has 3 nitrogen and oxygen atoms in total. The Morgan fingerprint density at radius 1 is 1.05 bits per heavy atom. The Kier molecular flexibility index (Phi) is 3.62. The van der Waals surface area contributed by atoms with Crippen LogP contribution >= 0.6 is 11.3 Å². The summed E-state index contributed by atoms with van der Waals surface area (Å²) >= 11 is 1.68. The molecule has 0 bridgehead atoms. The highest BCUT2D eigenvalue weighted by Gasteiger charge is 2.11. The van der Waals surface area contributed by atoms with E-state index in [9.17, 15) is 0 Å². The van der Waals surface area contributed by atoms with Crippen molar-refractivity contribution in [3.63, 3.8) is 0 Å². The molecule has 0 fully saturated rings. The number of nitrogens with zero attached hydrogens (tertiary/aromatic N) is 1. The minimum atomic E-state index is 0.756. The zero-order valence-corrected chi connectivity index (χ0v) is 12.8. The van der Waals surface area contributed by atoms with E-state index in [1.807, 2.05) is 48.5 Å². The highest BCUT2D eigenvalue weighted by molar-refractivity contribution is 7.15. The van der Waals surface area contributed by atoms with Crippen LogP contribution in [0.2, 0.25) is 0 Å². The normalized spacial score (nSPS) is 10.6. The molecule has 4 heteroatoms. The third-order valence-electron chi connectivity index (χ3n) is 3.29. The summed E-state index contributed by atoms with van der Waals surface area (Å²) in [4.78, 5) is 5.96. The first-order chi connectivity index (χ1) is 10.2. The first kappa shape index (κ1) is 13.6. The molecule has 0 radical (unpaired) electrons. The maximum absolute atomic E-state index is 5.85. The van der Waals surface area contributed by atoms with Crippen molar-refractivity contribution in [2.24, 2.45) is 0 Å². The van der Waals surface area contributed by atoms with Gasteiger partial charge in [-0.1, -0.05) is 12.1 Å². The molecule has 106 valence electrons. The van der Waals surface area contributed by atoms with Gasteiger partial charge in [-0.3, -0.25) is 0 Å². The van der Waals surface area contributed by atoms with Crippen molar-refractivity contribution in [2.45, 2.75) is 6.92 Å². The minimum Gasteiger partial charge on any atom is -0.497 e. The van der Waals surface area contributed by atoms with Crippen LogP contribution in [0, 0.1) is 6.92 Å². The van der Waals surface area contributed by atoms with E-state index in [1.165, 1.54) is 4.88 Å². The summed E-state index contributed by atoms with van der Waals surface area (Å²) in [6.45, 7) is 2.09. The third-order valence-corrected chi connectivity index (χ3v) is 4.31. The first-order valence-electron chi connectivity index (χ1n) is 6.65. The number of aryl methyl sites for hydroxylation is 1. The predicted molar refractivity (Wildman–Crippen MR) is 88.7 cm³/mol. The number of benzene rings is 2. The summed E-state index contributed by atoms with van der Waals surface area (Å²) < 4.78 is 5.19. The minimum absolute atomic E-state index is 0.756. The van der Waals surface area contributed by atoms with Gasteiger partial charge in [-0.15, -0.1) is 11.3 Å². The standard InChI is InChI=1S/C17H16N2OS/c1-11-16(12-6-8-15(20-2)9-7-12)19-17(21-11)13-4-3-5-14(18)10-13/h3-10H,18H2,1-2H3. The number of hydrogen-bond acceptors (Lipinski definition) is 4. The van der Waals surface area contributed by atoms with E-state index in [2.05, 4.69) is 6.92 Å². The summed E-state index contributed by atoms with van der Waals surface area (Å²) in [5.41, 5.74) is 9.77. The summed E-state index contributed by atoms with van der Waals surface area (Å²) in [6.07, 6.45) is 0. The van der Waals surface area contributed by atoms with Crippen LogP contribution in [-0.2, 0) is 0 Å². The molecule has 0 atom stereocenters. The molecule has 1 aromatic heterocycles. The lowest BCUT2D eigenvalue weighted by molar-refractivity contribution is 0.415. The van der Waals surface area contributed by atoms with E-state index in [-0.39, 0.29) is 0 Å². The molecule has 2 aromatic carbocycles.